The number of carbonyl (C=O) groups is 2. The third-order valence-electron chi connectivity index (χ3n) is 2.32. The summed E-state index contributed by atoms with van der Waals surface area (Å²) in [5, 5.41) is 9.97. The van der Waals surface area contributed by atoms with Crippen LogP contribution in [0.4, 0.5) is 5.69 Å². The van der Waals surface area contributed by atoms with Crippen molar-refractivity contribution in [2.24, 2.45) is 0 Å². The molecule has 0 fully saturated rings. The SMILES string of the molecule is CCC(=O)C(Sc1ccccc1[N+](=O)[O-])C(C)=O. The maximum Gasteiger partial charge on any atom is 0.282 e. The van der Waals surface area contributed by atoms with Crippen LogP contribution in [0, 0.1) is 10.1 Å². The molecule has 0 N–H and O–H groups in total. The molecule has 1 aromatic carbocycles. The van der Waals surface area contributed by atoms with Gasteiger partial charge in [-0.2, -0.15) is 0 Å². The van der Waals surface area contributed by atoms with Crippen molar-refractivity contribution in [3.8, 4) is 0 Å². The van der Waals surface area contributed by atoms with Crippen molar-refractivity contribution in [3.63, 3.8) is 0 Å². The summed E-state index contributed by atoms with van der Waals surface area (Å²) in [7, 11) is 0. The van der Waals surface area contributed by atoms with Gasteiger partial charge in [0.25, 0.3) is 5.69 Å². The van der Waals surface area contributed by atoms with Crippen LogP contribution in [-0.2, 0) is 9.59 Å². The molecule has 0 spiro atoms. The van der Waals surface area contributed by atoms with E-state index in [2.05, 4.69) is 0 Å². The van der Waals surface area contributed by atoms with Gasteiger partial charge >= 0.3 is 0 Å². The van der Waals surface area contributed by atoms with Crippen molar-refractivity contribution in [1.82, 2.24) is 0 Å². The topological polar surface area (TPSA) is 77.3 Å². The van der Waals surface area contributed by atoms with Crippen LogP contribution < -0.4 is 0 Å². The van der Waals surface area contributed by atoms with Crippen LogP contribution in [0.15, 0.2) is 29.2 Å². The molecule has 0 saturated heterocycles. The first-order chi connectivity index (χ1) is 8.47. The number of hydrogen-bond acceptors (Lipinski definition) is 5. The molecule has 0 aliphatic carbocycles. The molecule has 5 nitrogen and oxygen atoms in total. The van der Waals surface area contributed by atoms with Crippen LogP contribution in [0.2, 0.25) is 0 Å². The van der Waals surface area contributed by atoms with E-state index in [0.717, 1.165) is 11.8 Å². The smallest absolute Gasteiger partial charge is 0.282 e. The Morgan fingerprint density at radius 1 is 1.39 bits per heavy atom. The summed E-state index contributed by atoms with van der Waals surface area (Å²) in [6, 6.07) is 6.09. The van der Waals surface area contributed by atoms with Gasteiger partial charge < -0.3 is 0 Å². The molecule has 96 valence electrons. The molecule has 6 heteroatoms. The monoisotopic (exact) mass is 267 g/mol. The Kier molecular flexibility index (Phi) is 5.03. The Hall–Kier alpha value is -1.69. The Bertz CT molecular complexity index is 487. The molecule has 1 rings (SSSR count). The maximum atomic E-state index is 11.6. The number of benzene rings is 1. The first kappa shape index (κ1) is 14.4. The summed E-state index contributed by atoms with van der Waals surface area (Å²) in [5.41, 5.74) is -0.0855. The number of nitrogens with zero attached hydrogens (tertiary/aromatic N) is 1. The Balaban J connectivity index is 3.05. The summed E-state index contributed by atoms with van der Waals surface area (Å²) >= 11 is 0.944. The van der Waals surface area contributed by atoms with Gasteiger partial charge in [0.15, 0.2) is 11.6 Å². The van der Waals surface area contributed by atoms with Crippen LogP contribution >= 0.6 is 11.8 Å². The van der Waals surface area contributed by atoms with Crippen LogP contribution in [0.3, 0.4) is 0 Å². The fourth-order valence-corrected chi connectivity index (χ4v) is 2.53. The van der Waals surface area contributed by atoms with E-state index < -0.39 is 10.2 Å². The average molecular weight is 267 g/mol. The van der Waals surface area contributed by atoms with E-state index >= 15 is 0 Å². The molecular weight excluding hydrogens is 254 g/mol. The highest BCUT2D eigenvalue weighted by Crippen LogP contribution is 2.32. The molecule has 0 aromatic heterocycles. The number of para-hydroxylation sites is 1. The number of carbonyl (C=O) groups excluding carboxylic acids is 2. The lowest BCUT2D eigenvalue weighted by atomic mass is 10.2. The van der Waals surface area contributed by atoms with Crippen molar-refractivity contribution in [3.05, 3.63) is 34.4 Å². The van der Waals surface area contributed by atoms with Crippen LogP contribution in [0.25, 0.3) is 0 Å². The van der Waals surface area contributed by atoms with Gasteiger partial charge in [0.2, 0.25) is 0 Å². The first-order valence-electron chi connectivity index (χ1n) is 5.40. The van der Waals surface area contributed by atoms with Crippen LogP contribution in [-0.4, -0.2) is 21.7 Å². The van der Waals surface area contributed by atoms with Crippen molar-refractivity contribution in [2.45, 2.75) is 30.4 Å². The highest BCUT2D eigenvalue weighted by atomic mass is 32.2. The number of hydrogen-bond donors (Lipinski definition) is 0. The predicted octanol–water partition coefficient (Wildman–Crippen LogP) is 2.62. The zero-order valence-electron chi connectivity index (χ0n) is 10.1. The van der Waals surface area contributed by atoms with E-state index in [1.807, 2.05) is 0 Å². The summed E-state index contributed by atoms with van der Waals surface area (Å²) in [6.45, 7) is 2.98. The molecule has 0 saturated carbocycles. The number of ketones is 2. The van der Waals surface area contributed by atoms with Crippen molar-refractivity contribution in [2.75, 3.05) is 0 Å². The zero-order valence-corrected chi connectivity index (χ0v) is 10.9. The Morgan fingerprint density at radius 2 is 2.00 bits per heavy atom. The highest BCUT2D eigenvalue weighted by molar-refractivity contribution is 8.01. The fourth-order valence-electron chi connectivity index (χ4n) is 1.40. The third-order valence-corrected chi connectivity index (χ3v) is 3.75. The minimum atomic E-state index is -0.865. The minimum absolute atomic E-state index is 0.0855. The average Bonchev–Trinajstić information content (AvgIpc) is 2.34. The summed E-state index contributed by atoms with van der Waals surface area (Å²) in [6.07, 6.45) is 0.234. The molecule has 0 radical (unpaired) electrons. The summed E-state index contributed by atoms with van der Waals surface area (Å²) < 4.78 is 0. The lowest BCUT2D eigenvalue weighted by molar-refractivity contribution is -0.387. The summed E-state index contributed by atoms with van der Waals surface area (Å²) in [4.78, 5) is 33.7. The molecule has 0 bridgehead atoms. The number of nitro benzene ring substituents is 1. The maximum absolute atomic E-state index is 11.6. The molecule has 0 aliphatic heterocycles. The zero-order chi connectivity index (χ0) is 13.7. The van der Waals surface area contributed by atoms with E-state index in [0.29, 0.717) is 4.90 Å². The molecule has 0 aliphatic rings. The minimum Gasteiger partial charge on any atom is -0.298 e. The Labute approximate surface area is 109 Å². The molecular formula is C12H13NO4S. The van der Waals surface area contributed by atoms with E-state index in [1.165, 1.54) is 13.0 Å². The van der Waals surface area contributed by atoms with E-state index in [9.17, 15) is 19.7 Å². The van der Waals surface area contributed by atoms with E-state index in [4.69, 9.17) is 0 Å². The van der Waals surface area contributed by atoms with Crippen molar-refractivity contribution < 1.29 is 14.5 Å². The number of nitro groups is 1. The fraction of sp³-hybridized carbons (Fsp3) is 0.333. The lowest BCUT2D eigenvalue weighted by Crippen LogP contribution is -2.24. The number of rotatable bonds is 6. The summed E-state index contributed by atoms with van der Waals surface area (Å²) in [5.74, 6) is -0.504. The second-order valence-electron chi connectivity index (χ2n) is 3.65. The van der Waals surface area contributed by atoms with E-state index in [-0.39, 0.29) is 23.7 Å². The third kappa shape index (κ3) is 3.40. The second-order valence-corrected chi connectivity index (χ2v) is 4.80. The quantitative estimate of drug-likeness (QED) is 0.342. The highest BCUT2D eigenvalue weighted by Gasteiger charge is 2.26. The lowest BCUT2D eigenvalue weighted by Gasteiger charge is -2.11. The molecule has 0 amide bonds. The molecule has 1 unspecified atom stereocenters. The Morgan fingerprint density at radius 3 is 2.50 bits per heavy atom. The van der Waals surface area contributed by atoms with Gasteiger partial charge in [-0.3, -0.25) is 19.7 Å². The second kappa shape index (κ2) is 6.30. The van der Waals surface area contributed by atoms with Crippen LogP contribution in [0.1, 0.15) is 20.3 Å². The molecule has 18 heavy (non-hydrogen) atoms. The van der Waals surface area contributed by atoms with Gasteiger partial charge in [-0.15, -0.1) is 0 Å². The molecule has 0 heterocycles. The van der Waals surface area contributed by atoms with Gasteiger partial charge in [0.1, 0.15) is 5.25 Å². The number of Topliss-reactive ketones (excluding diaryl/α,β-unsaturated/α-hetero) is 2. The first-order valence-corrected chi connectivity index (χ1v) is 6.28. The van der Waals surface area contributed by atoms with Gasteiger partial charge in [-0.05, 0) is 13.0 Å². The van der Waals surface area contributed by atoms with E-state index in [1.54, 1.807) is 25.1 Å². The molecule has 1 aromatic rings. The largest absolute Gasteiger partial charge is 0.298 e. The van der Waals surface area contributed by atoms with Crippen LogP contribution in [0.5, 0.6) is 0 Å². The standard InChI is InChI=1S/C12H13NO4S/c1-3-10(15)12(8(2)14)18-11-7-5-4-6-9(11)13(16)17/h4-7,12H,3H2,1-2H3. The van der Waals surface area contributed by atoms with Crippen molar-refractivity contribution >= 4 is 29.0 Å². The normalized spacial score (nSPS) is 11.9. The van der Waals surface area contributed by atoms with Crippen molar-refractivity contribution in [1.29, 1.82) is 0 Å². The number of thioether (sulfide) groups is 1. The molecule has 1 atom stereocenters. The predicted molar refractivity (Wildman–Crippen MR) is 68.7 cm³/mol. The van der Waals surface area contributed by atoms with Gasteiger partial charge in [-0.1, -0.05) is 30.8 Å². The van der Waals surface area contributed by atoms with Gasteiger partial charge in [0, 0.05) is 12.5 Å². The van der Waals surface area contributed by atoms with Gasteiger partial charge in [-0.25, -0.2) is 0 Å². The van der Waals surface area contributed by atoms with Gasteiger partial charge in [0.05, 0.1) is 9.82 Å².